The zero-order valence-corrected chi connectivity index (χ0v) is 18.3. The highest BCUT2D eigenvalue weighted by molar-refractivity contribution is 5.84. The first-order chi connectivity index (χ1) is 15.6. The average Bonchev–Trinajstić information content (AvgIpc) is 3.55. The number of para-hydroxylation sites is 2. The van der Waals surface area contributed by atoms with E-state index in [2.05, 4.69) is 17.4 Å². The third kappa shape index (κ3) is 4.31. The molecule has 6 heteroatoms. The molecule has 0 radical (unpaired) electrons. The van der Waals surface area contributed by atoms with E-state index in [1.165, 1.54) is 5.56 Å². The van der Waals surface area contributed by atoms with Crippen molar-refractivity contribution in [2.24, 2.45) is 11.3 Å². The summed E-state index contributed by atoms with van der Waals surface area (Å²) in [5.41, 5.74) is 1.38. The van der Waals surface area contributed by atoms with Gasteiger partial charge in [-0.25, -0.2) is 0 Å². The highest BCUT2D eigenvalue weighted by Crippen LogP contribution is 2.59. The maximum absolute atomic E-state index is 12.9. The van der Waals surface area contributed by atoms with E-state index in [0.29, 0.717) is 31.1 Å². The first-order valence-electron chi connectivity index (χ1n) is 11.6. The van der Waals surface area contributed by atoms with Gasteiger partial charge in [0, 0.05) is 25.6 Å². The second-order valence-electron chi connectivity index (χ2n) is 9.19. The number of aryl methyl sites for hydroxylation is 1. The number of piperidine rings is 1. The van der Waals surface area contributed by atoms with Gasteiger partial charge in [0.1, 0.15) is 6.61 Å². The predicted molar refractivity (Wildman–Crippen MR) is 120 cm³/mol. The van der Waals surface area contributed by atoms with Gasteiger partial charge >= 0.3 is 0 Å². The Morgan fingerprint density at radius 2 is 1.72 bits per heavy atom. The van der Waals surface area contributed by atoms with Crippen LogP contribution in [0.2, 0.25) is 0 Å². The Labute approximate surface area is 188 Å². The van der Waals surface area contributed by atoms with Crippen molar-refractivity contribution < 1.29 is 19.1 Å². The summed E-state index contributed by atoms with van der Waals surface area (Å²) in [6, 6.07) is 17.8. The number of ether oxygens (including phenoxy) is 2. The van der Waals surface area contributed by atoms with Crippen molar-refractivity contribution in [1.29, 1.82) is 0 Å². The summed E-state index contributed by atoms with van der Waals surface area (Å²) in [5.74, 6) is 1.56. The molecule has 2 amide bonds. The lowest BCUT2D eigenvalue weighted by molar-refractivity contribution is -0.142. The Balaban J connectivity index is 1.05. The van der Waals surface area contributed by atoms with Crippen LogP contribution in [-0.4, -0.2) is 49.1 Å². The summed E-state index contributed by atoms with van der Waals surface area (Å²) in [4.78, 5) is 27.5. The van der Waals surface area contributed by atoms with Crippen LogP contribution < -0.4 is 14.8 Å². The number of benzene rings is 2. The fourth-order valence-electron chi connectivity index (χ4n) is 5.06. The number of hydrogen-bond donors (Lipinski definition) is 1. The minimum Gasteiger partial charge on any atom is -0.485 e. The monoisotopic (exact) mass is 434 g/mol. The molecule has 32 heavy (non-hydrogen) atoms. The minimum absolute atomic E-state index is 0.0167. The molecule has 2 aliphatic heterocycles. The van der Waals surface area contributed by atoms with E-state index in [-0.39, 0.29) is 29.8 Å². The van der Waals surface area contributed by atoms with E-state index in [4.69, 9.17) is 9.47 Å². The Morgan fingerprint density at radius 3 is 2.50 bits per heavy atom. The molecule has 0 bridgehead atoms. The Hall–Kier alpha value is -3.02. The first-order valence-corrected chi connectivity index (χ1v) is 11.6. The highest BCUT2D eigenvalue weighted by atomic mass is 16.6. The number of rotatable bonds is 6. The number of likely N-dealkylation sites (tertiary alicyclic amines) is 1. The number of nitrogens with one attached hydrogen (secondary N) is 1. The fraction of sp³-hybridized carbons (Fsp3) is 0.462. The Morgan fingerprint density at radius 1 is 1.00 bits per heavy atom. The maximum Gasteiger partial charge on any atom is 0.267 e. The lowest BCUT2D eigenvalue weighted by Gasteiger charge is -2.36. The first kappa shape index (κ1) is 20.9. The van der Waals surface area contributed by atoms with Crippen LogP contribution in [0.1, 0.15) is 31.2 Å². The zero-order chi connectivity index (χ0) is 22.0. The molecule has 2 atom stereocenters. The van der Waals surface area contributed by atoms with Crippen molar-refractivity contribution in [2.45, 2.75) is 38.2 Å². The molecule has 2 unspecified atom stereocenters. The second-order valence-corrected chi connectivity index (χ2v) is 9.19. The molecule has 3 aliphatic rings. The molecule has 1 aliphatic carbocycles. The quantitative estimate of drug-likeness (QED) is 0.709. The molecule has 2 fully saturated rings. The van der Waals surface area contributed by atoms with Crippen molar-refractivity contribution in [2.75, 3.05) is 26.2 Å². The second kappa shape index (κ2) is 8.85. The van der Waals surface area contributed by atoms with E-state index >= 15 is 0 Å². The lowest BCUT2D eigenvalue weighted by Crippen LogP contribution is -2.49. The molecule has 2 heterocycles. The van der Waals surface area contributed by atoms with Crippen LogP contribution in [0.25, 0.3) is 0 Å². The lowest BCUT2D eigenvalue weighted by atomic mass is 9.90. The van der Waals surface area contributed by atoms with Gasteiger partial charge in [0.15, 0.2) is 11.5 Å². The van der Waals surface area contributed by atoms with Crippen molar-refractivity contribution in [3.63, 3.8) is 0 Å². The van der Waals surface area contributed by atoms with E-state index in [9.17, 15) is 9.59 Å². The molecule has 5 rings (SSSR count). The van der Waals surface area contributed by atoms with Crippen molar-refractivity contribution in [3.8, 4) is 11.5 Å². The SMILES string of the molecule is O=C(NCCCc1ccccc1)C1CC12CCN(C(=O)C1COc3ccccc3O1)CC2. The van der Waals surface area contributed by atoms with E-state index in [1.807, 2.05) is 47.4 Å². The smallest absolute Gasteiger partial charge is 0.267 e. The van der Waals surface area contributed by atoms with Gasteiger partial charge in [0.2, 0.25) is 12.0 Å². The molecule has 2 aromatic rings. The number of nitrogens with zero attached hydrogens (tertiary/aromatic N) is 1. The van der Waals surface area contributed by atoms with Crippen LogP contribution in [0.3, 0.4) is 0 Å². The molecule has 168 valence electrons. The number of fused-ring (bicyclic) bond motifs is 1. The van der Waals surface area contributed by atoms with Crippen LogP contribution in [0.5, 0.6) is 11.5 Å². The number of carbonyl (C=O) groups is 2. The van der Waals surface area contributed by atoms with Gasteiger partial charge < -0.3 is 19.7 Å². The van der Waals surface area contributed by atoms with Gasteiger partial charge in [-0.05, 0) is 55.2 Å². The molecule has 6 nitrogen and oxygen atoms in total. The van der Waals surface area contributed by atoms with Crippen LogP contribution in [0.15, 0.2) is 54.6 Å². The Bertz CT molecular complexity index is 969. The molecule has 1 saturated heterocycles. The van der Waals surface area contributed by atoms with Crippen molar-refractivity contribution in [3.05, 3.63) is 60.2 Å². The molecular formula is C26H30N2O4. The number of hydrogen-bond acceptors (Lipinski definition) is 4. The van der Waals surface area contributed by atoms with Crippen LogP contribution >= 0.6 is 0 Å². The molecule has 1 N–H and O–H groups in total. The molecule has 1 spiro atoms. The third-order valence-electron chi connectivity index (χ3n) is 7.15. The molecule has 0 aromatic heterocycles. The average molecular weight is 435 g/mol. The van der Waals surface area contributed by atoms with Gasteiger partial charge in [-0.1, -0.05) is 42.5 Å². The summed E-state index contributed by atoms with van der Waals surface area (Å²) in [7, 11) is 0. The van der Waals surface area contributed by atoms with Crippen LogP contribution in [0.4, 0.5) is 0 Å². The van der Waals surface area contributed by atoms with Crippen molar-refractivity contribution >= 4 is 11.8 Å². The molecule has 1 saturated carbocycles. The number of amides is 2. The normalized spacial score (nSPS) is 22.9. The molecular weight excluding hydrogens is 404 g/mol. The van der Waals surface area contributed by atoms with E-state index < -0.39 is 6.10 Å². The minimum atomic E-state index is -0.595. The third-order valence-corrected chi connectivity index (χ3v) is 7.15. The topological polar surface area (TPSA) is 67.9 Å². The van der Waals surface area contributed by atoms with Gasteiger partial charge in [-0.15, -0.1) is 0 Å². The molecule has 2 aromatic carbocycles. The van der Waals surface area contributed by atoms with Gasteiger partial charge in [0.25, 0.3) is 5.91 Å². The summed E-state index contributed by atoms with van der Waals surface area (Å²) in [6.45, 7) is 2.31. The van der Waals surface area contributed by atoms with Gasteiger partial charge in [0.05, 0.1) is 0 Å². The van der Waals surface area contributed by atoms with E-state index in [1.54, 1.807) is 0 Å². The fourth-order valence-corrected chi connectivity index (χ4v) is 5.06. The van der Waals surface area contributed by atoms with Gasteiger partial charge in [-0.2, -0.15) is 0 Å². The Kier molecular flexibility index (Phi) is 5.77. The highest BCUT2D eigenvalue weighted by Gasteiger charge is 2.58. The summed E-state index contributed by atoms with van der Waals surface area (Å²) in [6.07, 6.45) is 4.03. The maximum atomic E-state index is 12.9. The summed E-state index contributed by atoms with van der Waals surface area (Å²) >= 11 is 0. The van der Waals surface area contributed by atoms with Crippen LogP contribution in [-0.2, 0) is 16.0 Å². The predicted octanol–water partition coefficient (Wildman–Crippen LogP) is 3.20. The van der Waals surface area contributed by atoms with E-state index in [0.717, 1.165) is 32.1 Å². The number of carbonyl (C=O) groups excluding carboxylic acids is 2. The van der Waals surface area contributed by atoms with Crippen molar-refractivity contribution in [1.82, 2.24) is 10.2 Å². The summed E-state index contributed by atoms with van der Waals surface area (Å²) in [5, 5.41) is 3.13. The zero-order valence-electron chi connectivity index (χ0n) is 18.3. The van der Waals surface area contributed by atoms with Crippen LogP contribution in [0, 0.1) is 11.3 Å². The summed E-state index contributed by atoms with van der Waals surface area (Å²) < 4.78 is 11.6. The largest absolute Gasteiger partial charge is 0.485 e. The standard InChI is InChI=1S/C26H30N2O4/c29-24(27-14-6-9-19-7-2-1-3-8-19)20-17-26(20)12-15-28(16-13-26)25(30)23-18-31-21-10-4-5-11-22(21)32-23/h1-5,7-8,10-11,20,23H,6,9,12-18H2,(H,27,29). The van der Waals surface area contributed by atoms with Gasteiger partial charge in [-0.3, -0.25) is 9.59 Å².